The largest absolute Gasteiger partial charge is 0.497 e. The highest BCUT2D eigenvalue weighted by Crippen LogP contribution is 2.24. The zero-order valence-corrected chi connectivity index (χ0v) is 17.0. The molecule has 1 atom stereocenters. The number of carbonyl (C=O) groups excluding carboxylic acids is 1. The minimum Gasteiger partial charge on any atom is -0.497 e. The van der Waals surface area contributed by atoms with Gasteiger partial charge in [0.2, 0.25) is 5.95 Å². The lowest BCUT2D eigenvalue weighted by molar-refractivity contribution is 0.102. The number of ether oxygens (including phenoxy) is 1. The van der Waals surface area contributed by atoms with Crippen LogP contribution in [-0.4, -0.2) is 50.3 Å². The second-order valence-corrected chi connectivity index (χ2v) is 6.93. The van der Waals surface area contributed by atoms with Gasteiger partial charge in [0.05, 0.1) is 26.1 Å². The van der Waals surface area contributed by atoms with E-state index >= 15 is 0 Å². The molecular formula is C20H26N6O3. The maximum absolute atomic E-state index is 12.7. The lowest BCUT2D eigenvalue weighted by Gasteiger charge is -2.16. The molecule has 1 amide bonds. The number of fused-ring (bicyclic) bond motifs is 1. The quantitative estimate of drug-likeness (QED) is 0.534. The van der Waals surface area contributed by atoms with Gasteiger partial charge in [0.15, 0.2) is 17.0 Å². The number of benzene rings is 1. The second-order valence-electron chi connectivity index (χ2n) is 6.93. The number of rotatable bonds is 8. The van der Waals surface area contributed by atoms with Crippen LogP contribution in [0.5, 0.6) is 5.75 Å². The first kappa shape index (κ1) is 20.5. The van der Waals surface area contributed by atoms with Gasteiger partial charge in [0.25, 0.3) is 5.91 Å². The van der Waals surface area contributed by atoms with Gasteiger partial charge in [0, 0.05) is 11.6 Å². The Hall–Kier alpha value is -3.20. The van der Waals surface area contributed by atoms with Crippen molar-refractivity contribution in [1.82, 2.24) is 19.5 Å². The number of methoxy groups -OCH3 is 1. The molecule has 3 aromatic rings. The molecule has 2 aromatic heterocycles. The maximum atomic E-state index is 12.7. The van der Waals surface area contributed by atoms with Crippen LogP contribution in [0.3, 0.4) is 0 Å². The number of aliphatic hydroxyl groups is 1. The summed E-state index contributed by atoms with van der Waals surface area (Å²) in [5, 5.41) is 15.4. The number of imidazole rings is 1. The number of nitrogens with zero attached hydrogens (tertiary/aromatic N) is 4. The predicted octanol–water partition coefficient (Wildman–Crippen LogP) is 2.85. The highest BCUT2D eigenvalue weighted by Gasteiger charge is 2.18. The van der Waals surface area contributed by atoms with E-state index < -0.39 is 0 Å². The van der Waals surface area contributed by atoms with E-state index in [-0.39, 0.29) is 24.6 Å². The summed E-state index contributed by atoms with van der Waals surface area (Å²) in [4.78, 5) is 26.1. The summed E-state index contributed by atoms with van der Waals surface area (Å²) in [6, 6.07) is 6.74. The molecule has 0 saturated heterocycles. The third-order valence-electron chi connectivity index (χ3n) is 4.61. The summed E-state index contributed by atoms with van der Waals surface area (Å²) in [7, 11) is 1.57. The Balaban J connectivity index is 1.98. The van der Waals surface area contributed by atoms with Crippen LogP contribution in [0, 0.1) is 0 Å². The normalized spacial score (nSPS) is 12.2. The Morgan fingerprint density at radius 2 is 1.97 bits per heavy atom. The average Bonchev–Trinajstić information content (AvgIpc) is 3.16. The van der Waals surface area contributed by atoms with E-state index in [1.807, 2.05) is 25.3 Å². The number of aromatic nitrogens is 4. The molecule has 0 spiro atoms. The molecule has 29 heavy (non-hydrogen) atoms. The monoisotopic (exact) mass is 398 g/mol. The van der Waals surface area contributed by atoms with E-state index in [1.165, 1.54) is 0 Å². The van der Waals surface area contributed by atoms with E-state index in [1.54, 1.807) is 37.7 Å². The number of hydrogen-bond acceptors (Lipinski definition) is 7. The first-order valence-electron chi connectivity index (χ1n) is 9.54. The summed E-state index contributed by atoms with van der Waals surface area (Å²) in [6.07, 6.45) is 2.38. The standard InChI is InChI=1S/C20H26N6O3/c1-5-14(10-27)22-20-24-17(16-18(25-20)26(11-21-16)12(2)3)23-19(28)13-6-8-15(29-4)9-7-13/h6-9,11-12,14,27H,5,10H2,1-4H3,(H2,22,23,24,25,28)/t14-/m1/s1. The van der Waals surface area contributed by atoms with Crippen molar-refractivity contribution in [2.75, 3.05) is 24.4 Å². The fraction of sp³-hybridized carbons (Fsp3) is 0.400. The van der Waals surface area contributed by atoms with E-state index in [0.717, 1.165) is 0 Å². The Kier molecular flexibility index (Phi) is 6.28. The maximum Gasteiger partial charge on any atom is 0.256 e. The lowest BCUT2D eigenvalue weighted by atomic mass is 10.2. The third kappa shape index (κ3) is 4.45. The van der Waals surface area contributed by atoms with E-state index in [0.29, 0.717) is 40.7 Å². The molecule has 2 heterocycles. The summed E-state index contributed by atoms with van der Waals surface area (Å²) in [5.74, 6) is 0.992. The molecule has 0 aliphatic rings. The van der Waals surface area contributed by atoms with Crippen LogP contribution in [0.15, 0.2) is 30.6 Å². The molecule has 3 N–H and O–H groups in total. The van der Waals surface area contributed by atoms with Crippen molar-refractivity contribution in [2.45, 2.75) is 39.3 Å². The fourth-order valence-corrected chi connectivity index (χ4v) is 2.83. The van der Waals surface area contributed by atoms with E-state index in [9.17, 15) is 9.90 Å². The van der Waals surface area contributed by atoms with Gasteiger partial charge in [-0.05, 0) is 44.5 Å². The average molecular weight is 398 g/mol. The first-order chi connectivity index (χ1) is 14.0. The number of hydrogen-bond donors (Lipinski definition) is 3. The highest BCUT2D eigenvalue weighted by molar-refractivity contribution is 6.07. The van der Waals surface area contributed by atoms with Crippen LogP contribution in [0.4, 0.5) is 11.8 Å². The first-order valence-corrected chi connectivity index (χ1v) is 9.54. The number of amides is 1. The minimum atomic E-state index is -0.313. The third-order valence-corrected chi connectivity index (χ3v) is 4.61. The Morgan fingerprint density at radius 1 is 1.24 bits per heavy atom. The zero-order chi connectivity index (χ0) is 21.0. The molecule has 0 saturated carbocycles. The highest BCUT2D eigenvalue weighted by atomic mass is 16.5. The number of carbonyl (C=O) groups is 1. The number of aliphatic hydroxyl groups excluding tert-OH is 1. The molecule has 0 aliphatic heterocycles. The SMILES string of the molecule is CC[C@H](CO)Nc1nc(NC(=O)c2ccc(OC)cc2)c2ncn(C(C)C)c2n1. The predicted molar refractivity (Wildman–Crippen MR) is 111 cm³/mol. The lowest BCUT2D eigenvalue weighted by Crippen LogP contribution is -2.24. The fourth-order valence-electron chi connectivity index (χ4n) is 2.83. The molecule has 154 valence electrons. The smallest absolute Gasteiger partial charge is 0.256 e. The van der Waals surface area contributed by atoms with E-state index in [2.05, 4.69) is 25.6 Å². The Morgan fingerprint density at radius 3 is 2.55 bits per heavy atom. The molecule has 0 fully saturated rings. The number of anilines is 2. The molecule has 0 radical (unpaired) electrons. The zero-order valence-electron chi connectivity index (χ0n) is 17.0. The van der Waals surface area contributed by atoms with Gasteiger partial charge in [-0.1, -0.05) is 6.92 Å². The summed E-state index contributed by atoms with van der Waals surface area (Å²) >= 11 is 0. The summed E-state index contributed by atoms with van der Waals surface area (Å²) in [5.41, 5.74) is 1.58. The molecule has 3 rings (SSSR count). The van der Waals surface area contributed by atoms with Crippen LogP contribution < -0.4 is 15.4 Å². The van der Waals surface area contributed by atoms with Gasteiger partial charge in [-0.25, -0.2) is 4.98 Å². The van der Waals surface area contributed by atoms with Crippen LogP contribution >= 0.6 is 0 Å². The molecule has 0 unspecified atom stereocenters. The molecule has 0 bridgehead atoms. The molecule has 1 aromatic carbocycles. The second kappa shape index (κ2) is 8.87. The summed E-state index contributed by atoms with van der Waals surface area (Å²) < 4.78 is 7.04. The van der Waals surface area contributed by atoms with Crippen LogP contribution in [0.2, 0.25) is 0 Å². The van der Waals surface area contributed by atoms with Gasteiger partial charge < -0.3 is 25.0 Å². The van der Waals surface area contributed by atoms with Gasteiger partial charge >= 0.3 is 0 Å². The van der Waals surface area contributed by atoms with Gasteiger partial charge in [-0.2, -0.15) is 9.97 Å². The van der Waals surface area contributed by atoms with Crippen molar-refractivity contribution in [3.63, 3.8) is 0 Å². The molecule has 9 heteroatoms. The van der Waals surface area contributed by atoms with E-state index in [4.69, 9.17) is 4.74 Å². The van der Waals surface area contributed by atoms with Gasteiger partial charge in [0.1, 0.15) is 5.75 Å². The minimum absolute atomic E-state index is 0.0467. The van der Waals surface area contributed by atoms with Gasteiger partial charge in [-0.3, -0.25) is 4.79 Å². The topological polar surface area (TPSA) is 114 Å². The van der Waals surface area contributed by atoms with Gasteiger partial charge in [-0.15, -0.1) is 0 Å². The van der Waals surface area contributed by atoms with Crippen molar-refractivity contribution >= 4 is 28.8 Å². The van der Waals surface area contributed by atoms with Crippen molar-refractivity contribution < 1.29 is 14.6 Å². The van der Waals surface area contributed by atoms with Crippen molar-refractivity contribution in [3.05, 3.63) is 36.2 Å². The van der Waals surface area contributed by atoms with Crippen LogP contribution in [0.1, 0.15) is 43.6 Å². The Bertz CT molecular complexity index is 980. The van der Waals surface area contributed by atoms with Crippen molar-refractivity contribution in [2.24, 2.45) is 0 Å². The number of nitrogens with one attached hydrogen (secondary N) is 2. The Labute approximate surface area is 169 Å². The molecular weight excluding hydrogens is 372 g/mol. The molecule has 0 aliphatic carbocycles. The summed E-state index contributed by atoms with van der Waals surface area (Å²) in [6.45, 7) is 5.95. The van der Waals surface area contributed by atoms with Crippen molar-refractivity contribution in [1.29, 1.82) is 0 Å². The van der Waals surface area contributed by atoms with Crippen molar-refractivity contribution in [3.8, 4) is 5.75 Å². The van der Waals surface area contributed by atoms with Crippen LogP contribution in [-0.2, 0) is 0 Å². The van der Waals surface area contributed by atoms with Crippen LogP contribution in [0.25, 0.3) is 11.2 Å². The molecule has 9 nitrogen and oxygen atoms in total.